The molecule has 22 heavy (non-hydrogen) atoms. The Bertz CT molecular complexity index is 632. The van der Waals surface area contributed by atoms with Crippen LogP contribution in [0.2, 0.25) is 0 Å². The number of fused-ring (bicyclic) bond motifs is 1. The molecule has 2 aromatic heterocycles. The van der Waals surface area contributed by atoms with Gasteiger partial charge in [-0.15, -0.1) is 5.10 Å². The molecule has 5 N–H and O–H groups in total. The molecule has 0 spiro atoms. The molecule has 7 heteroatoms. The lowest BCUT2D eigenvalue weighted by Crippen LogP contribution is -2.27. The summed E-state index contributed by atoms with van der Waals surface area (Å²) in [5.41, 5.74) is 15.2. The predicted octanol–water partition coefficient (Wildman–Crippen LogP) is 1.35. The quantitative estimate of drug-likeness (QED) is 0.721. The van der Waals surface area contributed by atoms with Crippen LogP contribution >= 0.6 is 0 Å². The molecule has 1 aliphatic rings. The Balaban J connectivity index is 1.98. The first-order valence-electron chi connectivity index (χ1n) is 7.81. The molecule has 0 bridgehead atoms. The lowest BCUT2D eigenvalue weighted by molar-refractivity contribution is 0.210. The van der Waals surface area contributed by atoms with Crippen LogP contribution in [0.1, 0.15) is 37.2 Å². The zero-order valence-electron chi connectivity index (χ0n) is 13.0. The number of nitrogen functional groups attached to an aromatic ring is 1. The standard InChI is InChI=1S/C15H24N6O/c1-22-9-7-18-13-12(10-2-4-11(16)5-3-10)14(17)20-21-8-6-19-15(13)21/h6,8,10-11,18H,2-5,7,9,16H2,1H3,(H2,17,20). The summed E-state index contributed by atoms with van der Waals surface area (Å²) in [6.45, 7) is 1.34. The maximum absolute atomic E-state index is 6.25. The van der Waals surface area contributed by atoms with Gasteiger partial charge in [-0.2, -0.15) is 0 Å². The Kier molecular flexibility index (Phi) is 4.44. The van der Waals surface area contributed by atoms with Gasteiger partial charge in [0.1, 0.15) is 5.82 Å². The number of methoxy groups -OCH3 is 1. The largest absolute Gasteiger partial charge is 0.383 e. The lowest BCUT2D eigenvalue weighted by atomic mass is 9.81. The fourth-order valence-corrected chi connectivity index (χ4v) is 3.25. The van der Waals surface area contributed by atoms with Crippen molar-refractivity contribution in [2.45, 2.75) is 37.6 Å². The molecule has 0 atom stereocenters. The van der Waals surface area contributed by atoms with Crippen LogP contribution in [0.3, 0.4) is 0 Å². The molecule has 1 aliphatic carbocycles. The van der Waals surface area contributed by atoms with Crippen LogP contribution in [-0.4, -0.2) is 40.9 Å². The number of nitrogens with one attached hydrogen (secondary N) is 1. The van der Waals surface area contributed by atoms with Crippen molar-refractivity contribution in [2.24, 2.45) is 5.73 Å². The number of ether oxygens (including phenoxy) is 1. The Morgan fingerprint density at radius 3 is 2.86 bits per heavy atom. The topological polar surface area (TPSA) is 103 Å². The number of nitrogens with zero attached hydrogens (tertiary/aromatic N) is 3. The second kappa shape index (κ2) is 6.50. The van der Waals surface area contributed by atoms with Gasteiger partial charge in [-0.1, -0.05) is 0 Å². The molecule has 0 unspecified atom stereocenters. The summed E-state index contributed by atoms with van der Waals surface area (Å²) >= 11 is 0. The van der Waals surface area contributed by atoms with Crippen molar-refractivity contribution in [3.05, 3.63) is 18.0 Å². The first-order chi connectivity index (χ1) is 10.7. The monoisotopic (exact) mass is 304 g/mol. The van der Waals surface area contributed by atoms with Crippen LogP contribution < -0.4 is 16.8 Å². The first kappa shape index (κ1) is 15.1. The molecule has 120 valence electrons. The molecule has 0 saturated heterocycles. The minimum atomic E-state index is 0.311. The van der Waals surface area contributed by atoms with Crippen molar-refractivity contribution >= 4 is 17.2 Å². The van der Waals surface area contributed by atoms with Crippen LogP contribution in [0.25, 0.3) is 5.65 Å². The highest BCUT2D eigenvalue weighted by Gasteiger charge is 2.26. The number of nitrogens with two attached hydrogens (primary N) is 2. The summed E-state index contributed by atoms with van der Waals surface area (Å²) < 4.78 is 6.86. The highest BCUT2D eigenvalue weighted by molar-refractivity contribution is 5.76. The van der Waals surface area contributed by atoms with Crippen molar-refractivity contribution in [1.82, 2.24) is 14.6 Å². The van der Waals surface area contributed by atoms with Crippen molar-refractivity contribution in [1.29, 1.82) is 0 Å². The molecule has 2 heterocycles. The fourth-order valence-electron chi connectivity index (χ4n) is 3.25. The van der Waals surface area contributed by atoms with Gasteiger partial charge in [0, 0.05) is 37.7 Å². The smallest absolute Gasteiger partial charge is 0.177 e. The van der Waals surface area contributed by atoms with Crippen LogP contribution in [0.4, 0.5) is 11.5 Å². The first-order valence-corrected chi connectivity index (χ1v) is 7.81. The third kappa shape index (κ3) is 2.86. The van der Waals surface area contributed by atoms with E-state index in [1.807, 2.05) is 6.20 Å². The van der Waals surface area contributed by atoms with Gasteiger partial charge in [-0.05, 0) is 31.6 Å². The van der Waals surface area contributed by atoms with Crippen molar-refractivity contribution in [2.75, 3.05) is 31.3 Å². The van der Waals surface area contributed by atoms with Gasteiger partial charge in [0.25, 0.3) is 0 Å². The second-order valence-corrected chi connectivity index (χ2v) is 5.90. The number of anilines is 2. The van der Waals surface area contributed by atoms with E-state index < -0.39 is 0 Å². The number of rotatable bonds is 5. The maximum atomic E-state index is 6.25. The van der Waals surface area contributed by atoms with Crippen LogP contribution in [0, 0.1) is 0 Å². The Morgan fingerprint density at radius 2 is 2.14 bits per heavy atom. The molecule has 0 amide bonds. The summed E-state index contributed by atoms with van der Waals surface area (Å²) in [6.07, 6.45) is 7.70. The molecule has 7 nitrogen and oxygen atoms in total. The van der Waals surface area contributed by atoms with Crippen LogP contribution in [-0.2, 0) is 4.74 Å². The van der Waals surface area contributed by atoms with Crippen LogP contribution in [0.15, 0.2) is 12.4 Å². The number of imidazole rings is 1. The normalized spacial score (nSPS) is 22.1. The number of aromatic nitrogens is 3. The number of hydrogen-bond donors (Lipinski definition) is 3. The minimum absolute atomic E-state index is 0.311. The molecule has 0 radical (unpaired) electrons. The SMILES string of the molecule is COCCNc1c(C2CCC(N)CC2)c(N)nn2ccnc12. The molecule has 0 aromatic carbocycles. The summed E-state index contributed by atoms with van der Waals surface area (Å²) in [5, 5.41) is 7.88. The Hall–Kier alpha value is -1.86. The van der Waals surface area contributed by atoms with E-state index in [9.17, 15) is 0 Å². The van der Waals surface area contributed by atoms with E-state index in [4.69, 9.17) is 16.2 Å². The highest BCUT2D eigenvalue weighted by Crippen LogP contribution is 2.39. The van der Waals surface area contributed by atoms with Gasteiger partial charge < -0.3 is 21.5 Å². The molecule has 0 aliphatic heterocycles. The van der Waals surface area contributed by atoms with Crippen molar-refractivity contribution < 1.29 is 4.74 Å². The van der Waals surface area contributed by atoms with E-state index in [0.29, 0.717) is 30.9 Å². The zero-order chi connectivity index (χ0) is 15.5. The summed E-state index contributed by atoms with van der Waals surface area (Å²) in [5.74, 6) is 0.963. The minimum Gasteiger partial charge on any atom is -0.383 e. The highest BCUT2D eigenvalue weighted by atomic mass is 16.5. The predicted molar refractivity (Wildman–Crippen MR) is 86.9 cm³/mol. The van der Waals surface area contributed by atoms with E-state index in [0.717, 1.165) is 42.6 Å². The van der Waals surface area contributed by atoms with Gasteiger partial charge in [-0.3, -0.25) is 0 Å². The third-order valence-electron chi connectivity index (χ3n) is 4.39. The Morgan fingerprint density at radius 1 is 1.36 bits per heavy atom. The third-order valence-corrected chi connectivity index (χ3v) is 4.39. The van der Waals surface area contributed by atoms with E-state index in [1.54, 1.807) is 17.8 Å². The fraction of sp³-hybridized carbons (Fsp3) is 0.600. The van der Waals surface area contributed by atoms with E-state index in [-0.39, 0.29) is 0 Å². The van der Waals surface area contributed by atoms with E-state index in [1.165, 1.54) is 0 Å². The summed E-state index contributed by atoms with van der Waals surface area (Å²) in [7, 11) is 1.69. The number of hydrogen-bond acceptors (Lipinski definition) is 6. The summed E-state index contributed by atoms with van der Waals surface area (Å²) in [4.78, 5) is 4.43. The van der Waals surface area contributed by atoms with Crippen molar-refractivity contribution in [3.63, 3.8) is 0 Å². The van der Waals surface area contributed by atoms with Crippen LogP contribution in [0.5, 0.6) is 0 Å². The summed E-state index contributed by atoms with van der Waals surface area (Å²) in [6, 6.07) is 0.311. The van der Waals surface area contributed by atoms with Gasteiger partial charge >= 0.3 is 0 Å². The molecule has 1 fully saturated rings. The second-order valence-electron chi connectivity index (χ2n) is 5.90. The lowest BCUT2D eigenvalue weighted by Gasteiger charge is -2.28. The van der Waals surface area contributed by atoms with Gasteiger partial charge in [0.05, 0.1) is 12.3 Å². The van der Waals surface area contributed by atoms with E-state index >= 15 is 0 Å². The average Bonchev–Trinajstić information content (AvgIpc) is 2.96. The molecular weight excluding hydrogens is 280 g/mol. The van der Waals surface area contributed by atoms with E-state index in [2.05, 4.69) is 15.4 Å². The molecular formula is C15H24N6O. The Labute approximate surface area is 130 Å². The van der Waals surface area contributed by atoms with Crippen molar-refractivity contribution in [3.8, 4) is 0 Å². The molecule has 3 rings (SSSR count). The zero-order valence-corrected chi connectivity index (χ0v) is 13.0. The van der Waals surface area contributed by atoms with Gasteiger partial charge in [0.15, 0.2) is 5.65 Å². The molecule has 2 aromatic rings. The molecule has 1 saturated carbocycles. The van der Waals surface area contributed by atoms with Gasteiger partial charge in [-0.25, -0.2) is 9.50 Å². The average molecular weight is 304 g/mol. The maximum Gasteiger partial charge on any atom is 0.177 e. The van der Waals surface area contributed by atoms with Gasteiger partial charge in [0.2, 0.25) is 0 Å².